The van der Waals surface area contributed by atoms with Crippen molar-refractivity contribution in [2.24, 2.45) is 11.8 Å². The van der Waals surface area contributed by atoms with Gasteiger partial charge in [-0.2, -0.15) is 0 Å². The number of nitrogens with zero attached hydrogens (tertiary/aromatic N) is 1. The van der Waals surface area contributed by atoms with Crippen molar-refractivity contribution in [1.82, 2.24) is 4.90 Å². The van der Waals surface area contributed by atoms with Crippen molar-refractivity contribution in [3.8, 4) is 0 Å². The zero-order valence-electron chi connectivity index (χ0n) is 9.75. The van der Waals surface area contributed by atoms with Gasteiger partial charge in [0.05, 0.1) is 0 Å². The molecule has 2 atom stereocenters. The van der Waals surface area contributed by atoms with E-state index in [1.165, 1.54) is 12.0 Å². The Morgan fingerprint density at radius 3 is 2.73 bits per heavy atom. The third kappa shape index (κ3) is 2.33. The van der Waals surface area contributed by atoms with Crippen molar-refractivity contribution in [1.29, 1.82) is 0 Å². The molecule has 1 aliphatic carbocycles. The average molecular weight is 209 g/mol. The van der Waals surface area contributed by atoms with Crippen LogP contribution in [-0.2, 0) is 4.74 Å². The molecule has 84 valence electrons. The summed E-state index contributed by atoms with van der Waals surface area (Å²) in [5.41, 5.74) is 0.788. The number of hydrogen-bond acceptors (Lipinski definition) is 2. The van der Waals surface area contributed by atoms with Crippen molar-refractivity contribution in [2.75, 3.05) is 13.1 Å². The van der Waals surface area contributed by atoms with Gasteiger partial charge in [-0.05, 0) is 39.0 Å². The Kier molecular flexibility index (Phi) is 2.28. The molecule has 2 rings (SSSR count). The lowest BCUT2D eigenvalue weighted by molar-refractivity contribution is 0.0239. The highest BCUT2D eigenvalue weighted by molar-refractivity contribution is 5.69. The molecular formula is C12H19NO2. The van der Waals surface area contributed by atoms with Gasteiger partial charge in [-0.3, -0.25) is 0 Å². The van der Waals surface area contributed by atoms with Gasteiger partial charge < -0.3 is 9.64 Å². The number of fused-ring (bicyclic) bond motifs is 1. The molecular weight excluding hydrogens is 190 g/mol. The molecule has 3 heteroatoms. The van der Waals surface area contributed by atoms with E-state index in [-0.39, 0.29) is 6.09 Å². The van der Waals surface area contributed by atoms with E-state index in [1.807, 2.05) is 20.8 Å². The van der Waals surface area contributed by atoms with Gasteiger partial charge in [-0.15, -0.1) is 0 Å². The monoisotopic (exact) mass is 209 g/mol. The number of ether oxygens (including phenoxy) is 1. The zero-order valence-corrected chi connectivity index (χ0v) is 9.75. The molecule has 0 aromatic heterocycles. The van der Waals surface area contributed by atoms with Crippen molar-refractivity contribution in [3.63, 3.8) is 0 Å². The van der Waals surface area contributed by atoms with E-state index < -0.39 is 5.60 Å². The van der Waals surface area contributed by atoms with E-state index in [0.29, 0.717) is 18.4 Å². The van der Waals surface area contributed by atoms with E-state index in [1.54, 1.807) is 4.90 Å². The van der Waals surface area contributed by atoms with E-state index in [9.17, 15) is 4.79 Å². The first-order valence-electron chi connectivity index (χ1n) is 5.52. The normalized spacial score (nSPS) is 29.8. The van der Waals surface area contributed by atoms with Gasteiger partial charge in [-0.1, -0.05) is 12.2 Å². The number of carbonyl (C=O) groups excluding carboxylic acids is 1. The van der Waals surface area contributed by atoms with Crippen molar-refractivity contribution < 1.29 is 9.53 Å². The fourth-order valence-corrected chi connectivity index (χ4v) is 2.12. The molecule has 3 nitrogen and oxygen atoms in total. The zero-order chi connectivity index (χ0) is 11.2. The second kappa shape index (κ2) is 3.26. The predicted octanol–water partition coefficient (Wildman–Crippen LogP) is 2.43. The van der Waals surface area contributed by atoms with Gasteiger partial charge >= 0.3 is 6.09 Å². The summed E-state index contributed by atoms with van der Waals surface area (Å²) in [5.74, 6) is 1.34. The third-order valence-electron chi connectivity index (χ3n) is 2.95. The number of carbonyl (C=O) groups is 1. The van der Waals surface area contributed by atoms with Crippen LogP contribution in [0.25, 0.3) is 0 Å². The minimum absolute atomic E-state index is 0.200. The number of hydrogen-bond donors (Lipinski definition) is 0. The Bertz CT molecular complexity index is 303. The topological polar surface area (TPSA) is 29.5 Å². The van der Waals surface area contributed by atoms with Gasteiger partial charge in [-0.25, -0.2) is 4.79 Å². The van der Waals surface area contributed by atoms with Crippen LogP contribution in [0.3, 0.4) is 0 Å². The highest BCUT2D eigenvalue weighted by atomic mass is 16.6. The average Bonchev–Trinajstić information content (AvgIpc) is 2.79. The number of piperidine rings is 1. The van der Waals surface area contributed by atoms with Crippen molar-refractivity contribution >= 4 is 6.09 Å². The molecule has 1 saturated heterocycles. The summed E-state index contributed by atoms with van der Waals surface area (Å²) in [5, 5.41) is 0. The van der Waals surface area contributed by atoms with Crippen LogP contribution < -0.4 is 0 Å². The minimum Gasteiger partial charge on any atom is -0.444 e. The maximum absolute atomic E-state index is 11.8. The van der Waals surface area contributed by atoms with Crippen LogP contribution >= 0.6 is 0 Å². The predicted molar refractivity (Wildman–Crippen MR) is 58.5 cm³/mol. The smallest absolute Gasteiger partial charge is 0.410 e. The molecule has 1 saturated carbocycles. The van der Waals surface area contributed by atoms with Crippen LogP contribution in [0.4, 0.5) is 4.79 Å². The fourth-order valence-electron chi connectivity index (χ4n) is 2.12. The summed E-state index contributed by atoms with van der Waals surface area (Å²) >= 11 is 0. The lowest BCUT2D eigenvalue weighted by Gasteiger charge is -2.30. The van der Waals surface area contributed by atoms with Crippen LogP contribution in [0.1, 0.15) is 27.2 Å². The molecule has 1 aliphatic heterocycles. The van der Waals surface area contributed by atoms with E-state index in [2.05, 4.69) is 6.58 Å². The number of amides is 1. The summed E-state index contributed by atoms with van der Waals surface area (Å²) in [6, 6.07) is 0. The maximum Gasteiger partial charge on any atom is 0.410 e. The first kappa shape index (κ1) is 10.5. The molecule has 0 aromatic carbocycles. The van der Waals surface area contributed by atoms with Crippen LogP contribution in [0.15, 0.2) is 12.2 Å². The van der Waals surface area contributed by atoms with E-state index in [0.717, 1.165) is 6.54 Å². The molecule has 0 spiro atoms. The highest BCUT2D eigenvalue weighted by Gasteiger charge is 2.45. The standard InChI is InChI=1S/C12H19NO2/c1-8-6-13(7-9-5-10(8)9)11(14)15-12(2,3)4/h9-10H,1,5-7H2,2-4H3. The molecule has 2 unspecified atom stereocenters. The number of rotatable bonds is 0. The maximum atomic E-state index is 11.8. The molecule has 15 heavy (non-hydrogen) atoms. The van der Waals surface area contributed by atoms with Gasteiger partial charge in [0.15, 0.2) is 0 Å². The van der Waals surface area contributed by atoms with Crippen LogP contribution in [0.5, 0.6) is 0 Å². The Morgan fingerprint density at radius 1 is 1.53 bits per heavy atom. The van der Waals surface area contributed by atoms with Gasteiger partial charge in [0.25, 0.3) is 0 Å². The van der Waals surface area contributed by atoms with Gasteiger partial charge in [0.1, 0.15) is 5.60 Å². The summed E-state index contributed by atoms with van der Waals surface area (Å²) in [6.45, 7) is 11.2. The molecule has 1 heterocycles. The summed E-state index contributed by atoms with van der Waals surface area (Å²) < 4.78 is 5.34. The summed E-state index contributed by atoms with van der Waals surface area (Å²) in [6.07, 6.45) is 1.01. The Balaban J connectivity index is 1.93. The first-order valence-corrected chi connectivity index (χ1v) is 5.52. The molecule has 0 aromatic rings. The molecule has 1 amide bonds. The van der Waals surface area contributed by atoms with Crippen molar-refractivity contribution in [2.45, 2.75) is 32.8 Å². The second-order valence-corrected chi connectivity index (χ2v) is 5.62. The van der Waals surface area contributed by atoms with Crippen LogP contribution in [0.2, 0.25) is 0 Å². The third-order valence-corrected chi connectivity index (χ3v) is 2.95. The Labute approximate surface area is 91.1 Å². The molecule has 2 fully saturated rings. The summed E-state index contributed by atoms with van der Waals surface area (Å²) in [7, 11) is 0. The summed E-state index contributed by atoms with van der Waals surface area (Å²) in [4.78, 5) is 13.6. The highest BCUT2D eigenvalue weighted by Crippen LogP contribution is 2.47. The van der Waals surface area contributed by atoms with E-state index in [4.69, 9.17) is 4.74 Å². The molecule has 0 bridgehead atoms. The fraction of sp³-hybridized carbons (Fsp3) is 0.750. The SMILES string of the molecule is C=C1CN(C(=O)OC(C)(C)C)CC2CC12. The van der Waals surface area contributed by atoms with Crippen LogP contribution in [0, 0.1) is 11.8 Å². The molecule has 2 aliphatic rings. The lowest BCUT2D eigenvalue weighted by atomic mass is 10.1. The Morgan fingerprint density at radius 2 is 2.20 bits per heavy atom. The second-order valence-electron chi connectivity index (χ2n) is 5.62. The van der Waals surface area contributed by atoms with Crippen LogP contribution in [-0.4, -0.2) is 29.7 Å². The lowest BCUT2D eigenvalue weighted by Crippen LogP contribution is -2.41. The van der Waals surface area contributed by atoms with Gasteiger partial charge in [0, 0.05) is 13.1 Å². The number of likely N-dealkylation sites (tertiary alicyclic amines) is 1. The largest absolute Gasteiger partial charge is 0.444 e. The molecule has 0 radical (unpaired) electrons. The van der Waals surface area contributed by atoms with Gasteiger partial charge in [0.2, 0.25) is 0 Å². The van der Waals surface area contributed by atoms with Crippen molar-refractivity contribution in [3.05, 3.63) is 12.2 Å². The molecule has 0 N–H and O–H groups in total. The first-order chi connectivity index (χ1) is 6.87. The van der Waals surface area contributed by atoms with E-state index >= 15 is 0 Å². The minimum atomic E-state index is -0.404. The Hall–Kier alpha value is -0.990. The quantitative estimate of drug-likeness (QED) is 0.573.